The second kappa shape index (κ2) is 9.93. The number of fused-ring (bicyclic) bond motifs is 1. The molecule has 1 aromatic carbocycles. The predicted octanol–water partition coefficient (Wildman–Crippen LogP) is 4.33. The topological polar surface area (TPSA) is 102 Å². The van der Waals surface area contributed by atoms with Crippen molar-refractivity contribution in [1.82, 2.24) is 29.5 Å². The van der Waals surface area contributed by atoms with Gasteiger partial charge in [0.1, 0.15) is 5.60 Å². The molecule has 0 atom stereocenters. The molecule has 3 aliphatic rings. The standard InChI is InChI=1S/C29H39N7O2/c1-29(2,3)38-28(37)35-10-8-34(9-11-35)17-19-4-7-24-25(14-19)32-26(16-31-24)23-18-36(22-12-20(13-22)15-30)33-27(23)21-5-6-21/h4,7,14,16,18,20-22H,5-6,8-13,15,17,30H2,1-3H3/t20-,22-. The monoisotopic (exact) mass is 517 g/mol. The Morgan fingerprint density at radius 1 is 1.11 bits per heavy atom. The summed E-state index contributed by atoms with van der Waals surface area (Å²) < 4.78 is 7.69. The lowest BCUT2D eigenvalue weighted by molar-refractivity contribution is 0.0139. The fourth-order valence-electron chi connectivity index (χ4n) is 5.52. The molecule has 202 valence electrons. The van der Waals surface area contributed by atoms with Crippen LogP contribution in [0.25, 0.3) is 22.3 Å². The number of ether oxygens (including phenoxy) is 1. The van der Waals surface area contributed by atoms with Crippen LogP contribution >= 0.6 is 0 Å². The summed E-state index contributed by atoms with van der Waals surface area (Å²) >= 11 is 0. The van der Waals surface area contributed by atoms with E-state index in [2.05, 4.69) is 34.0 Å². The number of amides is 1. The fraction of sp³-hybridized carbons (Fsp3) is 0.586. The van der Waals surface area contributed by atoms with Gasteiger partial charge >= 0.3 is 6.09 Å². The van der Waals surface area contributed by atoms with Crippen molar-refractivity contribution in [2.24, 2.45) is 11.7 Å². The Bertz CT molecular complexity index is 1310. The largest absolute Gasteiger partial charge is 0.444 e. The lowest BCUT2D eigenvalue weighted by atomic mass is 9.80. The molecule has 0 spiro atoms. The van der Waals surface area contributed by atoms with E-state index in [1.807, 2.05) is 27.0 Å². The van der Waals surface area contributed by atoms with Gasteiger partial charge in [-0.25, -0.2) is 9.78 Å². The first-order valence-corrected chi connectivity index (χ1v) is 14.0. The maximum Gasteiger partial charge on any atom is 0.410 e. The molecule has 1 amide bonds. The van der Waals surface area contributed by atoms with E-state index in [4.69, 9.17) is 25.5 Å². The van der Waals surface area contributed by atoms with Crippen molar-refractivity contribution in [3.05, 3.63) is 41.9 Å². The summed E-state index contributed by atoms with van der Waals surface area (Å²) in [5, 5.41) is 5.02. The zero-order chi connectivity index (χ0) is 26.4. The molecule has 9 nitrogen and oxygen atoms in total. The summed E-state index contributed by atoms with van der Waals surface area (Å²) in [6, 6.07) is 6.80. The number of carbonyl (C=O) groups excluding carboxylic acids is 1. The third-order valence-corrected chi connectivity index (χ3v) is 7.96. The summed E-state index contributed by atoms with van der Waals surface area (Å²) in [5.74, 6) is 1.16. The first-order chi connectivity index (χ1) is 18.3. The van der Waals surface area contributed by atoms with Crippen molar-refractivity contribution in [3.63, 3.8) is 0 Å². The number of rotatable bonds is 6. The van der Waals surface area contributed by atoms with Gasteiger partial charge in [-0.05, 0) is 76.6 Å². The molecule has 6 rings (SSSR count). The van der Waals surface area contributed by atoms with Crippen LogP contribution in [-0.4, -0.2) is 74.0 Å². The molecule has 2 N–H and O–H groups in total. The third kappa shape index (κ3) is 5.40. The average molecular weight is 518 g/mol. The molecule has 3 heterocycles. The number of nitrogens with zero attached hydrogens (tertiary/aromatic N) is 6. The molecular weight excluding hydrogens is 478 g/mol. The van der Waals surface area contributed by atoms with Crippen LogP contribution in [0.3, 0.4) is 0 Å². The van der Waals surface area contributed by atoms with Crippen molar-refractivity contribution in [2.75, 3.05) is 32.7 Å². The smallest absolute Gasteiger partial charge is 0.410 e. The highest BCUT2D eigenvalue weighted by Crippen LogP contribution is 2.45. The Hall–Kier alpha value is -3.04. The molecule has 0 unspecified atom stereocenters. The zero-order valence-corrected chi connectivity index (χ0v) is 22.8. The van der Waals surface area contributed by atoms with Crippen LogP contribution < -0.4 is 5.73 Å². The lowest BCUT2D eigenvalue weighted by Crippen LogP contribution is -2.49. The average Bonchev–Trinajstić information content (AvgIpc) is 3.61. The number of benzene rings is 1. The Morgan fingerprint density at radius 2 is 1.87 bits per heavy atom. The van der Waals surface area contributed by atoms with Crippen molar-refractivity contribution >= 4 is 17.1 Å². The first kappa shape index (κ1) is 25.2. The summed E-state index contributed by atoms with van der Waals surface area (Å²) in [6.07, 6.45) is 8.49. The molecule has 2 aromatic heterocycles. The predicted molar refractivity (Wildman–Crippen MR) is 147 cm³/mol. The molecule has 3 fully saturated rings. The number of piperazine rings is 1. The summed E-state index contributed by atoms with van der Waals surface area (Å²) in [7, 11) is 0. The quantitative estimate of drug-likeness (QED) is 0.519. The van der Waals surface area contributed by atoms with Crippen molar-refractivity contribution < 1.29 is 9.53 Å². The minimum absolute atomic E-state index is 0.226. The van der Waals surface area contributed by atoms with Crippen LogP contribution in [0.2, 0.25) is 0 Å². The van der Waals surface area contributed by atoms with E-state index in [1.54, 1.807) is 4.90 Å². The summed E-state index contributed by atoms with van der Waals surface area (Å²) in [6.45, 7) is 10.3. The Balaban J connectivity index is 1.16. The van der Waals surface area contributed by atoms with E-state index in [-0.39, 0.29) is 6.09 Å². The lowest BCUT2D eigenvalue weighted by Gasteiger charge is -2.35. The Labute approximate surface area is 224 Å². The SMILES string of the molecule is CC(C)(C)OC(=O)N1CCN(Cc2ccc3ncc(-c4cn([C@H]5C[C@H](CN)C5)nc4C4CC4)nc3c2)CC1. The van der Waals surface area contributed by atoms with Crippen molar-refractivity contribution in [1.29, 1.82) is 0 Å². The van der Waals surface area contributed by atoms with Gasteiger partial charge in [-0.1, -0.05) is 6.07 Å². The molecule has 1 aliphatic heterocycles. The molecule has 38 heavy (non-hydrogen) atoms. The maximum absolute atomic E-state index is 12.4. The number of nitrogens with two attached hydrogens (primary N) is 1. The molecule has 1 saturated heterocycles. The van der Waals surface area contributed by atoms with Crippen molar-refractivity contribution in [3.8, 4) is 11.3 Å². The highest BCUT2D eigenvalue weighted by atomic mass is 16.6. The van der Waals surface area contributed by atoms with Gasteiger partial charge in [0.05, 0.1) is 34.7 Å². The van der Waals surface area contributed by atoms with Gasteiger partial charge in [0, 0.05) is 50.4 Å². The van der Waals surface area contributed by atoms with E-state index < -0.39 is 5.60 Å². The van der Waals surface area contributed by atoms with Crippen LogP contribution in [0.5, 0.6) is 0 Å². The van der Waals surface area contributed by atoms with Gasteiger partial charge in [0.25, 0.3) is 0 Å². The van der Waals surface area contributed by atoms with Crippen molar-refractivity contribution in [2.45, 2.75) is 70.6 Å². The molecule has 0 radical (unpaired) electrons. The number of hydrogen-bond acceptors (Lipinski definition) is 7. The van der Waals surface area contributed by atoms with E-state index in [9.17, 15) is 4.79 Å². The molecule has 9 heteroatoms. The van der Waals surface area contributed by atoms with E-state index in [1.165, 1.54) is 24.1 Å². The Morgan fingerprint density at radius 3 is 2.55 bits per heavy atom. The van der Waals surface area contributed by atoms with Crippen LogP contribution in [-0.2, 0) is 11.3 Å². The van der Waals surface area contributed by atoms with Gasteiger partial charge in [0.15, 0.2) is 0 Å². The fourth-order valence-corrected chi connectivity index (χ4v) is 5.52. The van der Waals surface area contributed by atoms with E-state index >= 15 is 0 Å². The zero-order valence-electron chi connectivity index (χ0n) is 22.8. The number of aromatic nitrogens is 4. The van der Waals surface area contributed by atoms with E-state index in [0.29, 0.717) is 31.0 Å². The maximum atomic E-state index is 12.4. The molecule has 3 aromatic rings. The molecule has 2 aliphatic carbocycles. The van der Waals surface area contributed by atoms with Gasteiger partial charge in [-0.15, -0.1) is 0 Å². The van der Waals surface area contributed by atoms with E-state index in [0.717, 1.165) is 61.3 Å². The van der Waals surface area contributed by atoms with Crippen LogP contribution in [0, 0.1) is 5.92 Å². The van der Waals surface area contributed by atoms with Crippen LogP contribution in [0.1, 0.15) is 69.7 Å². The number of hydrogen-bond donors (Lipinski definition) is 1. The Kier molecular flexibility index (Phi) is 6.60. The molecule has 0 bridgehead atoms. The second-order valence-corrected chi connectivity index (χ2v) is 12.2. The minimum atomic E-state index is -0.470. The van der Waals surface area contributed by atoms with Crippen LogP contribution in [0.15, 0.2) is 30.6 Å². The molecular formula is C29H39N7O2. The summed E-state index contributed by atoms with van der Waals surface area (Å²) in [4.78, 5) is 26.4. The van der Waals surface area contributed by atoms with Gasteiger partial charge in [0.2, 0.25) is 0 Å². The molecule has 2 saturated carbocycles. The van der Waals surface area contributed by atoms with Crippen LogP contribution in [0.4, 0.5) is 4.79 Å². The normalized spacial score (nSPS) is 22.5. The van der Waals surface area contributed by atoms with Gasteiger partial charge < -0.3 is 15.4 Å². The number of carbonyl (C=O) groups is 1. The first-order valence-electron chi connectivity index (χ1n) is 14.0. The van der Waals surface area contributed by atoms with Gasteiger partial charge in [-0.2, -0.15) is 5.10 Å². The second-order valence-electron chi connectivity index (χ2n) is 12.2. The third-order valence-electron chi connectivity index (χ3n) is 7.96. The van der Waals surface area contributed by atoms with Gasteiger partial charge in [-0.3, -0.25) is 14.6 Å². The summed E-state index contributed by atoms with van der Waals surface area (Å²) in [5.41, 5.74) is 11.6. The highest BCUT2D eigenvalue weighted by molar-refractivity contribution is 5.78. The minimum Gasteiger partial charge on any atom is -0.444 e. The highest BCUT2D eigenvalue weighted by Gasteiger charge is 2.35.